The third-order valence-corrected chi connectivity index (χ3v) is 3.17. The lowest BCUT2D eigenvalue weighted by Crippen LogP contribution is -1.92. The summed E-state index contributed by atoms with van der Waals surface area (Å²) < 4.78 is 5.39. The minimum atomic E-state index is 0.977. The van der Waals surface area contributed by atoms with Gasteiger partial charge in [0.15, 0.2) is 0 Å². The Kier molecular flexibility index (Phi) is 3.56. The highest BCUT2D eigenvalue weighted by atomic mass is 16.5. The summed E-state index contributed by atoms with van der Waals surface area (Å²) in [6, 6.07) is 12.8. The van der Waals surface area contributed by atoms with Crippen LogP contribution in [0.15, 0.2) is 36.4 Å². The molecule has 2 aromatic carbocycles. The summed E-state index contributed by atoms with van der Waals surface area (Å²) >= 11 is 0. The Balaban J connectivity index is 2.44. The second-order valence-corrected chi connectivity index (χ2v) is 4.47. The largest absolute Gasteiger partial charge is 0.496 e. The maximum absolute atomic E-state index is 5.39. The van der Waals surface area contributed by atoms with Gasteiger partial charge in [0, 0.05) is 12.7 Å². The van der Waals surface area contributed by atoms with Gasteiger partial charge in [0.2, 0.25) is 0 Å². The first-order chi connectivity index (χ1) is 8.65. The van der Waals surface area contributed by atoms with E-state index in [0.29, 0.717) is 0 Å². The number of benzene rings is 2. The van der Waals surface area contributed by atoms with Crippen LogP contribution < -0.4 is 10.1 Å². The molecule has 0 bridgehead atoms. The molecule has 18 heavy (non-hydrogen) atoms. The third-order valence-electron chi connectivity index (χ3n) is 3.17. The Morgan fingerprint density at radius 2 is 1.44 bits per heavy atom. The molecule has 0 unspecified atom stereocenters. The summed E-state index contributed by atoms with van der Waals surface area (Å²) in [5.41, 5.74) is 5.92. The van der Waals surface area contributed by atoms with Crippen LogP contribution in [0.3, 0.4) is 0 Å². The third kappa shape index (κ3) is 2.33. The van der Waals surface area contributed by atoms with E-state index in [2.05, 4.69) is 55.6 Å². The molecule has 0 radical (unpaired) electrons. The molecule has 1 N–H and O–H groups in total. The van der Waals surface area contributed by atoms with E-state index in [9.17, 15) is 0 Å². The van der Waals surface area contributed by atoms with Crippen molar-refractivity contribution in [3.8, 4) is 16.9 Å². The van der Waals surface area contributed by atoms with Crippen molar-refractivity contribution in [1.29, 1.82) is 0 Å². The number of methoxy groups -OCH3 is 1. The zero-order valence-corrected chi connectivity index (χ0v) is 11.4. The highest BCUT2D eigenvalue weighted by Crippen LogP contribution is 2.30. The molecule has 0 saturated heterocycles. The molecule has 0 aliphatic heterocycles. The van der Waals surface area contributed by atoms with Crippen molar-refractivity contribution in [3.63, 3.8) is 0 Å². The molecule has 94 valence electrons. The van der Waals surface area contributed by atoms with Crippen molar-refractivity contribution in [1.82, 2.24) is 0 Å². The summed E-state index contributed by atoms with van der Waals surface area (Å²) in [5.74, 6) is 0.977. The van der Waals surface area contributed by atoms with Crippen molar-refractivity contribution in [3.05, 3.63) is 47.5 Å². The second kappa shape index (κ2) is 5.13. The lowest BCUT2D eigenvalue weighted by molar-refractivity contribution is 0.408. The Labute approximate surface area is 109 Å². The monoisotopic (exact) mass is 241 g/mol. The zero-order valence-electron chi connectivity index (χ0n) is 11.4. The van der Waals surface area contributed by atoms with Crippen LogP contribution in [0.25, 0.3) is 11.1 Å². The summed E-state index contributed by atoms with van der Waals surface area (Å²) in [4.78, 5) is 0. The molecule has 2 rings (SSSR count). The van der Waals surface area contributed by atoms with Crippen LogP contribution in [-0.2, 0) is 0 Å². The fourth-order valence-corrected chi connectivity index (χ4v) is 2.27. The van der Waals surface area contributed by atoms with Gasteiger partial charge in [0.25, 0.3) is 0 Å². The van der Waals surface area contributed by atoms with Gasteiger partial charge in [-0.3, -0.25) is 0 Å². The second-order valence-electron chi connectivity index (χ2n) is 4.47. The van der Waals surface area contributed by atoms with Crippen LogP contribution in [0.2, 0.25) is 0 Å². The topological polar surface area (TPSA) is 21.3 Å². The van der Waals surface area contributed by atoms with Gasteiger partial charge >= 0.3 is 0 Å². The lowest BCUT2D eigenvalue weighted by atomic mass is 9.99. The first-order valence-corrected chi connectivity index (χ1v) is 6.09. The maximum Gasteiger partial charge on any atom is 0.124 e. The van der Waals surface area contributed by atoms with E-state index >= 15 is 0 Å². The Bertz CT molecular complexity index is 521. The van der Waals surface area contributed by atoms with Crippen molar-refractivity contribution in [2.75, 3.05) is 19.5 Å². The average molecular weight is 241 g/mol. The van der Waals surface area contributed by atoms with Crippen molar-refractivity contribution >= 4 is 5.69 Å². The molecule has 0 aliphatic rings. The number of rotatable bonds is 3. The predicted octanol–water partition coefficient (Wildman–Crippen LogP) is 4.02. The molecule has 2 heteroatoms. The molecular formula is C16H19NO. The molecule has 0 amide bonds. The van der Waals surface area contributed by atoms with Gasteiger partial charge < -0.3 is 10.1 Å². The standard InChI is InChI=1S/C16H19NO/c1-11-9-14(10-12(2)16(11)18-4)13-5-7-15(17-3)8-6-13/h5-10,17H,1-4H3. The van der Waals surface area contributed by atoms with E-state index in [-0.39, 0.29) is 0 Å². The summed E-state index contributed by atoms with van der Waals surface area (Å²) in [7, 11) is 3.65. The van der Waals surface area contributed by atoms with Crippen molar-refractivity contribution in [2.45, 2.75) is 13.8 Å². The highest BCUT2D eigenvalue weighted by Gasteiger charge is 2.06. The average Bonchev–Trinajstić information content (AvgIpc) is 2.38. The predicted molar refractivity (Wildman–Crippen MR) is 77.5 cm³/mol. The normalized spacial score (nSPS) is 10.2. The van der Waals surface area contributed by atoms with Crippen molar-refractivity contribution in [2.24, 2.45) is 0 Å². The van der Waals surface area contributed by atoms with Crippen LogP contribution in [-0.4, -0.2) is 14.2 Å². The minimum absolute atomic E-state index is 0.977. The van der Waals surface area contributed by atoms with E-state index in [1.807, 2.05) is 7.05 Å². The zero-order chi connectivity index (χ0) is 13.1. The fourth-order valence-electron chi connectivity index (χ4n) is 2.27. The van der Waals surface area contributed by atoms with Gasteiger partial charge in [-0.25, -0.2) is 0 Å². The van der Waals surface area contributed by atoms with Crippen LogP contribution in [0.5, 0.6) is 5.75 Å². The Hall–Kier alpha value is -1.96. The molecule has 2 nitrogen and oxygen atoms in total. The SMILES string of the molecule is CNc1ccc(-c2cc(C)c(OC)c(C)c2)cc1. The summed E-state index contributed by atoms with van der Waals surface area (Å²) in [5, 5.41) is 3.13. The number of aryl methyl sites for hydroxylation is 2. The molecule has 0 atom stereocenters. The molecule has 0 aromatic heterocycles. The molecule has 0 fully saturated rings. The van der Waals surface area contributed by atoms with Crippen LogP contribution in [0, 0.1) is 13.8 Å². The Morgan fingerprint density at radius 3 is 1.89 bits per heavy atom. The van der Waals surface area contributed by atoms with Crippen LogP contribution in [0.1, 0.15) is 11.1 Å². The number of nitrogens with one attached hydrogen (secondary N) is 1. The quantitative estimate of drug-likeness (QED) is 0.876. The van der Waals surface area contributed by atoms with Gasteiger partial charge in [-0.15, -0.1) is 0 Å². The van der Waals surface area contributed by atoms with E-state index in [1.165, 1.54) is 22.3 Å². The van der Waals surface area contributed by atoms with Gasteiger partial charge in [-0.1, -0.05) is 12.1 Å². The number of anilines is 1. The maximum atomic E-state index is 5.39. The lowest BCUT2D eigenvalue weighted by Gasteiger charge is -2.12. The van der Waals surface area contributed by atoms with E-state index in [4.69, 9.17) is 4.74 Å². The number of hydrogen-bond acceptors (Lipinski definition) is 2. The molecule has 0 aliphatic carbocycles. The molecule has 2 aromatic rings. The number of ether oxygens (including phenoxy) is 1. The summed E-state index contributed by atoms with van der Waals surface area (Å²) in [6.45, 7) is 4.16. The highest BCUT2D eigenvalue weighted by molar-refractivity contribution is 5.69. The minimum Gasteiger partial charge on any atom is -0.496 e. The Morgan fingerprint density at radius 1 is 0.889 bits per heavy atom. The van der Waals surface area contributed by atoms with Gasteiger partial charge in [0.1, 0.15) is 5.75 Å². The van der Waals surface area contributed by atoms with Crippen LogP contribution in [0.4, 0.5) is 5.69 Å². The smallest absolute Gasteiger partial charge is 0.124 e. The molecule has 0 saturated carbocycles. The number of hydrogen-bond donors (Lipinski definition) is 1. The van der Waals surface area contributed by atoms with Gasteiger partial charge in [-0.2, -0.15) is 0 Å². The fraction of sp³-hybridized carbons (Fsp3) is 0.250. The van der Waals surface area contributed by atoms with E-state index < -0.39 is 0 Å². The first-order valence-electron chi connectivity index (χ1n) is 6.09. The van der Waals surface area contributed by atoms with Gasteiger partial charge in [-0.05, 0) is 60.4 Å². The van der Waals surface area contributed by atoms with Crippen LogP contribution >= 0.6 is 0 Å². The molecular weight excluding hydrogens is 222 g/mol. The first kappa shape index (κ1) is 12.5. The van der Waals surface area contributed by atoms with E-state index in [1.54, 1.807) is 7.11 Å². The molecule has 0 spiro atoms. The van der Waals surface area contributed by atoms with Gasteiger partial charge in [0.05, 0.1) is 7.11 Å². The van der Waals surface area contributed by atoms with E-state index in [0.717, 1.165) is 11.4 Å². The van der Waals surface area contributed by atoms with Crippen molar-refractivity contribution < 1.29 is 4.74 Å². The molecule has 0 heterocycles. The summed E-state index contributed by atoms with van der Waals surface area (Å²) in [6.07, 6.45) is 0.